The quantitative estimate of drug-likeness (QED) is 0.380. The number of hydrogen-bond donors (Lipinski definition) is 1. The van der Waals surface area contributed by atoms with Crippen LogP contribution in [-0.4, -0.2) is 52.9 Å². The van der Waals surface area contributed by atoms with Gasteiger partial charge in [-0.1, -0.05) is 6.07 Å². The van der Waals surface area contributed by atoms with Gasteiger partial charge in [-0.2, -0.15) is 0 Å². The van der Waals surface area contributed by atoms with E-state index in [1.807, 2.05) is 37.3 Å². The van der Waals surface area contributed by atoms with E-state index < -0.39 is 10.5 Å². The number of rotatable bonds is 8. The molecule has 5 rings (SSSR count). The predicted octanol–water partition coefficient (Wildman–Crippen LogP) is 4.11. The Kier molecular flexibility index (Phi) is 6.10. The number of ether oxygens (including phenoxy) is 3. The zero-order chi connectivity index (χ0) is 24.4. The van der Waals surface area contributed by atoms with Gasteiger partial charge in [0.05, 0.1) is 13.7 Å². The lowest BCUT2D eigenvalue weighted by atomic mass is 10.0. The summed E-state index contributed by atoms with van der Waals surface area (Å²) in [6, 6.07) is 16.8. The van der Waals surface area contributed by atoms with E-state index in [0.29, 0.717) is 19.2 Å². The molecular weight excluding hydrogens is 450 g/mol. The molecule has 1 saturated heterocycles. The number of nitro groups is 1. The molecular formula is C25H29N5O5. The minimum absolute atomic E-state index is 0.210. The summed E-state index contributed by atoms with van der Waals surface area (Å²) < 4.78 is 18.8. The first-order valence-electron chi connectivity index (χ1n) is 11.7. The second-order valence-corrected chi connectivity index (χ2v) is 9.24. The van der Waals surface area contributed by atoms with Crippen LogP contribution in [0.2, 0.25) is 0 Å². The molecule has 184 valence electrons. The summed E-state index contributed by atoms with van der Waals surface area (Å²) in [6.07, 6.45) is 3.50. The molecule has 0 bridgehead atoms. The van der Waals surface area contributed by atoms with Crippen molar-refractivity contribution in [3.05, 3.63) is 64.8 Å². The predicted molar refractivity (Wildman–Crippen MR) is 132 cm³/mol. The molecule has 35 heavy (non-hydrogen) atoms. The van der Waals surface area contributed by atoms with E-state index in [1.54, 1.807) is 11.7 Å². The van der Waals surface area contributed by atoms with Crippen LogP contribution >= 0.6 is 0 Å². The molecule has 0 spiro atoms. The van der Waals surface area contributed by atoms with Crippen LogP contribution in [0.3, 0.4) is 0 Å². The summed E-state index contributed by atoms with van der Waals surface area (Å²) in [4.78, 5) is 16.6. The fourth-order valence-electron chi connectivity index (χ4n) is 4.58. The van der Waals surface area contributed by atoms with E-state index in [4.69, 9.17) is 14.2 Å². The Morgan fingerprint density at radius 3 is 2.66 bits per heavy atom. The number of aromatic nitrogens is 2. The van der Waals surface area contributed by atoms with Crippen molar-refractivity contribution in [3.8, 4) is 17.5 Å². The standard InChI is InChI=1S/C25H29N5O5/c1-25(16-29-15-23(30(31)32)27-24(29)35-25)17-34-21-8-6-20(7-9-21)28-12-10-18(11-13-28)26-19-4-3-5-22(14-19)33-2/h3-9,14-15,18,26H,10-13,16-17H2,1-2H3/t25-/m1/s1. The van der Waals surface area contributed by atoms with Crippen molar-refractivity contribution in [1.82, 2.24) is 9.55 Å². The van der Waals surface area contributed by atoms with Gasteiger partial charge in [-0.3, -0.25) is 4.57 Å². The molecule has 0 aliphatic carbocycles. The Hall–Kier alpha value is -3.95. The zero-order valence-corrected chi connectivity index (χ0v) is 19.8. The van der Waals surface area contributed by atoms with E-state index in [9.17, 15) is 10.1 Å². The number of methoxy groups -OCH3 is 1. The molecule has 2 aromatic carbocycles. The molecule has 3 aromatic rings. The molecule has 1 atom stereocenters. The van der Waals surface area contributed by atoms with Crippen LogP contribution in [0.15, 0.2) is 54.7 Å². The maximum absolute atomic E-state index is 10.9. The van der Waals surface area contributed by atoms with E-state index >= 15 is 0 Å². The Morgan fingerprint density at radius 2 is 1.97 bits per heavy atom. The third-order valence-corrected chi connectivity index (χ3v) is 6.44. The summed E-state index contributed by atoms with van der Waals surface area (Å²) in [5, 5.41) is 14.5. The van der Waals surface area contributed by atoms with E-state index in [2.05, 4.69) is 33.4 Å². The van der Waals surface area contributed by atoms with Gasteiger partial charge in [-0.15, -0.1) is 0 Å². The smallest absolute Gasteiger partial charge is 0.415 e. The third kappa shape index (κ3) is 5.11. The van der Waals surface area contributed by atoms with Crippen LogP contribution in [0.25, 0.3) is 0 Å². The van der Waals surface area contributed by atoms with Crippen LogP contribution < -0.4 is 24.4 Å². The van der Waals surface area contributed by atoms with Gasteiger partial charge >= 0.3 is 11.8 Å². The minimum Gasteiger partial charge on any atom is -0.497 e. The molecule has 2 aliphatic rings. The summed E-state index contributed by atoms with van der Waals surface area (Å²) in [7, 11) is 1.68. The van der Waals surface area contributed by atoms with E-state index in [1.165, 1.54) is 11.9 Å². The first-order valence-corrected chi connectivity index (χ1v) is 11.7. The second kappa shape index (κ2) is 9.36. The molecule has 0 amide bonds. The molecule has 0 saturated carbocycles. The van der Waals surface area contributed by atoms with Crippen LogP contribution in [0.4, 0.5) is 17.2 Å². The first-order chi connectivity index (χ1) is 16.9. The monoisotopic (exact) mass is 479 g/mol. The Bertz CT molecular complexity index is 1160. The maximum atomic E-state index is 10.9. The maximum Gasteiger partial charge on any atom is 0.415 e. The highest BCUT2D eigenvalue weighted by Gasteiger charge is 2.41. The van der Waals surface area contributed by atoms with E-state index in [-0.39, 0.29) is 11.8 Å². The lowest BCUT2D eigenvalue weighted by molar-refractivity contribution is -0.389. The highest BCUT2D eigenvalue weighted by atomic mass is 16.6. The summed E-state index contributed by atoms with van der Waals surface area (Å²) >= 11 is 0. The summed E-state index contributed by atoms with van der Waals surface area (Å²) in [5.41, 5.74) is 1.63. The zero-order valence-electron chi connectivity index (χ0n) is 19.8. The van der Waals surface area contributed by atoms with Gasteiger partial charge < -0.3 is 34.5 Å². The van der Waals surface area contributed by atoms with Crippen LogP contribution in [0, 0.1) is 10.1 Å². The number of piperidine rings is 1. The number of imidazole rings is 1. The number of anilines is 2. The average molecular weight is 480 g/mol. The molecule has 10 heteroatoms. The molecule has 0 unspecified atom stereocenters. The number of nitrogens with zero attached hydrogens (tertiary/aromatic N) is 4. The number of fused-ring (bicyclic) bond motifs is 1. The summed E-state index contributed by atoms with van der Waals surface area (Å²) in [5.74, 6) is 1.40. The molecule has 1 fully saturated rings. The lowest BCUT2D eigenvalue weighted by Gasteiger charge is -2.34. The Labute approximate surface area is 203 Å². The highest BCUT2D eigenvalue weighted by molar-refractivity contribution is 5.51. The Balaban J connectivity index is 1.10. The van der Waals surface area contributed by atoms with Gasteiger partial charge in [-0.05, 0) is 61.1 Å². The van der Waals surface area contributed by atoms with Crippen molar-refractivity contribution in [2.24, 2.45) is 0 Å². The van der Waals surface area contributed by atoms with Crippen molar-refractivity contribution in [3.63, 3.8) is 0 Å². The van der Waals surface area contributed by atoms with Crippen molar-refractivity contribution in [2.75, 3.05) is 37.0 Å². The van der Waals surface area contributed by atoms with Crippen LogP contribution in [0.1, 0.15) is 19.8 Å². The molecule has 2 aliphatic heterocycles. The van der Waals surface area contributed by atoms with Crippen LogP contribution in [0.5, 0.6) is 17.5 Å². The Morgan fingerprint density at radius 1 is 1.20 bits per heavy atom. The molecule has 1 aromatic heterocycles. The first kappa shape index (κ1) is 22.8. The lowest BCUT2D eigenvalue weighted by Crippen LogP contribution is -2.39. The minimum atomic E-state index is -0.631. The summed E-state index contributed by atoms with van der Waals surface area (Å²) in [6.45, 7) is 4.62. The van der Waals surface area contributed by atoms with Crippen molar-refractivity contribution in [1.29, 1.82) is 0 Å². The molecule has 1 N–H and O–H groups in total. The van der Waals surface area contributed by atoms with Gasteiger partial charge in [0.25, 0.3) is 0 Å². The average Bonchev–Trinajstić information content (AvgIpc) is 3.39. The fraction of sp³-hybridized carbons (Fsp3) is 0.400. The number of nitrogens with one attached hydrogen (secondary N) is 1. The normalized spacial score (nSPS) is 19.7. The van der Waals surface area contributed by atoms with Crippen molar-refractivity contribution < 1.29 is 19.1 Å². The van der Waals surface area contributed by atoms with Gasteiger partial charge in [0, 0.05) is 41.6 Å². The van der Waals surface area contributed by atoms with Gasteiger partial charge in [0.15, 0.2) is 5.60 Å². The van der Waals surface area contributed by atoms with Crippen molar-refractivity contribution in [2.45, 2.75) is 38.0 Å². The van der Waals surface area contributed by atoms with Crippen molar-refractivity contribution >= 4 is 17.2 Å². The largest absolute Gasteiger partial charge is 0.497 e. The topological polar surface area (TPSA) is 104 Å². The van der Waals surface area contributed by atoms with Gasteiger partial charge in [0.2, 0.25) is 0 Å². The van der Waals surface area contributed by atoms with Crippen LogP contribution in [-0.2, 0) is 6.54 Å². The SMILES string of the molecule is COc1cccc(NC2CCN(c3ccc(OC[C@@]4(C)Cn5cc([N+](=O)[O-])nc5O4)cc3)CC2)c1. The highest BCUT2D eigenvalue weighted by Crippen LogP contribution is 2.32. The second-order valence-electron chi connectivity index (χ2n) is 9.24. The molecule has 10 nitrogen and oxygen atoms in total. The third-order valence-electron chi connectivity index (χ3n) is 6.44. The number of benzene rings is 2. The molecule has 0 radical (unpaired) electrons. The number of hydrogen-bond acceptors (Lipinski definition) is 8. The molecule has 3 heterocycles. The fourth-order valence-corrected chi connectivity index (χ4v) is 4.58. The van der Waals surface area contributed by atoms with E-state index in [0.717, 1.165) is 43.1 Å². The van der Waals surface area contributed by atoms with Gasteiger partial charge in [-0.25, -0.2) is 0 Å². The van der Waals surface area contributed by atoms with Gasteiger partial charge in [0.1, 0.15) is 24.3 Å².